The molecular formula is C18H17FN2O3. The van der Waals surface area contributed by atoms with Gasteiger partial charge in [-0.2, -0.15) is 0 Å². The molecule has 3 rings (SSSR count). The van der Waals surface area contributed by atoms with Crippen molar-refractivity contribution in [1.82, 2.24) is 0 Å². The number of hydrogen-bond acceptors (Lipinski definition) is 3. The fourth-order valence-corrected chi connectivity index (χ4v) is 2.82. The summed E-state index contributed by atoms with van der Waals surface area (Å²) in [6.45, 7) is 0.566. The summed E-state index contributed by atoms with van der Waals surface area (Å²) in [7, 11) is 0. The largest absolute Gasteiger partial charge is 0.373 e. The number of benzene rings is 2. The van der Waals surface area contributed by atoms with Crippen LogP contribution in [0.1, 0.15) is 34.0 Å². The van der Waals surface area contributed by atoms with Crippen molar-refractivity contribution in [3.63, 3.8) is 0 Å². The first-order valence-corrected chi connectivity index (χ1v) is 7.63. The van der Waals surface area contributed by atoms with Crippen molar-refractivity contribution in [1.29, 1.82) is 0 Å². The first-order valence-electron chi connectivity index (χ1n) is 7.63. The maximum Gasteiger partial charge on any atom is 0.251 e. The van der Waals surface area contributed by atoms with Crippen molar-refractivity contribution in [2.75, 3.05) is 11.9 Å². The predicted molar refractivity (Wildman–Crippen MR) is 87.0 cm³/mol. The van der Waals surface area contributed by atoms with Crippen LogP contribution in [0, 0.1) is 5.82 Å². The number of fused-ring (bicyclic) bond motifs is 1. The second kappa shape index (κ2) is 6.80. The van der Waals surface area contributed by atoms with Gasteiger partial charge in [0.25, 0.3) is 5.91 Å². The van der Waals surface area contributed by atoms with Gasteiger partial charge in [0.05, 0.1) is 24.7 Å². The summed E-state index contributed by atoms with van der Waals surface area (Å²) in [6, 6.07) is 11.6. The minimum absolute atomic E-state index is 0.135. The number of hydrogen-bond donors (Lipinski definition) is 2. The highest BCUT2D eigenvalue weighted by Gasteiger charge is 2.23. The molecule has 0 radical (unpaired) electrons. The average Bonchev–Trinajstić information content (AvgIpc) is 2.55. The van der Waals surface area contributed by atoms with Gasteiger partial charge in [-0.15, -0.1) is 0 Å². The molecule has 2 aromatic rings. The third-order valence-corrected chi connectivity index (χ3v) is 3.98. The van der Waals surface area contributed by atoms with Crippen LogP contribution in [0.4, 0.5) is 10.1 Å². The van der Waals surface area contributed by atoms with Crippen molar-refractivity contribution in [2.24, 2.45) is 5.73 Å². The van der Waals surface area contributed by atoms with Crippen LogP contribution in [0.5, 0.6) is 0 Å². The second-order valence-corrected chi connectivity index (χ2v) is 5.62. The Kier molecular flexibility index (Phi) is 4.57. The van der Waals surface area contributed by atoms with Crippen LogP contribution in [0.2, 0.25) is 0 Å². The van der Waals surface area contributed by atoms with E-state index in [9.17, 15) is 14.0 Å². The average molecular weight is 328 g/mol. The van der Waals surface area contributed by atoms with Crippen LogP contribution < -0.4 is 11.1 Å². The third-order valence-electron chi connectivity index (χ3n) is 3.98. The monoisotopic (exact) mass is 328 g/mol. The topological polar surface area (TPSA) is 81.4 Å². The Morgan fingerprint density at radius 2 is 2.04 bits per heavy atom. The molecule has 1 atom stereocenters. The zero-order valence-electron chi connectivity index (χ0n) is 12.9. The standard InChI is InChI=1S/C18H17FN2O3/c19-15-9-12(5-6-14(15)18(20)23)21-17(22)10-16-13-4-2-1-3-11(13)7-8-24-16/h1-6,9,16H,7-8,10H2,(H2,20,23)(H,21,22). The molecule has 5 nitrogen and oxygen atoms in total. The number of anilines is 1. The molecule has 1 aliphatic heterocycles. The van der Waals surface area contributed by atoms with E-state index in [4.69, 9.17) is 10.5 Å². The van der Waals surface area contributed by atoms with E-state index >= 15 is 0 Å². The van der Waals surface area contributed by atoms with E-state index in [0.29, 0.717) is 6.61 Å². The summed E-state index contributed by atoms with van der Waals surface area (Å²) in [6.07, 6.45) is 0.647. The molecule has 1 heterocycles. The minimum Gasteiger partial charge on any atom is -0.373 e. The number of amides is 2. The smallest absolute Gasteiger partial charge is 0.251 e. The molecule has 2 amide bonds. The fourth-order valence-electron chi connectivity index (χ4n) is 2.82. The van der Waals surface area contributed by atoms with E-state index in [1.807, 2.05) is 24.3 Å². The second-order valence-electron chi connectivity index (χ2n) is 5.62. The summed E-state index contributed by atoms with van der Waals surface area (Å²) in [5.74, 6) is -1.90. The molecular weight excluding hydrogens is 311 g/mol. The van der Waals surface area contributed by atoms with Crippen LogP contribution >= 0.6 is 0 Å². The zero-order valence-corrected chi connectivity index (χ0v) is 12.9. The Balaban J connectivity index is 1.69. The van der Waals surface area contributed by atoms with Gasteiger partial charge < -0.3 is 15.8 Å². The number of ether oxygens (including phenoxy) is 1. The van der Waals surface area contributed by atoms with Crippen molar-refractivity contribution in [3.8, 4) is 0 Å². The minimum atomic E-state index is -0.849. The quantitative estimate of drug-likeness (QED) is 0.905. The number of carbonyl (C=O) groups excluding carboxylic acids is 2. The van der Waals surface area contributed by atoms with Gasteiger partial charge in [-0.1, -0.05) is 24.3 Å². The van der Waals surface area contributed by atoms with Gasteiger partial charge >= 0.3 is 0 Å². The lowest BCUT2D eigenvalue weighted by atomic mass is 9.95. The molecule has 0 aromatic heterocycles. The highest BCUT2D eigenvalue weighted by Crippen LogP contribution is 2.29. The van der Waals surface area contributed by atoms with Gasteiger partial charge in [0, 0.05) is 5.69 Å². The Labute approximate surface area is 138 Å². The maximum atomic E-state index is 13.7. The molecule has 0 fully saturated rings. The van der Waals surface area contributed by atoms with E-state index in [-0.39, 0.29) is 29.7 Å². The van der Waals surface area contributed by atoms with Crippen molar-refractivity contribution in [3.05, 3.63) is 65.0 Å². The summed E-state index contributed by atoms with van der Waals surface area (Å²) < 4.78 is 19.4. The van der Waals surface area contributed by atoms with E-state index in [2.05, 4.69) is 5.32 Å². The van der Waals surface area contributed by atoms with E-state index < -0.39 is 11.7 Å². The predicted octanol–water partition coefficient (Wildman–Crippen LogP) is 2.57. The van der Waals surface area contributed by atoms with Crippen LogP contribution in [0.25, 0.3) is 0 Å². The van der Waals surface area contributed by atoms with Crippen LogP contribution in [0.15, 0.2) is 42.5 Å². The van der Waals surface area contributed by atoms with Crippen molar-refractivity contribution >= 4 is 17.5 Å². The molecule has 0 saturated heterocycles. The number of primary amides is 1. The summed E-state index contributed by atoms with van der Waals surface area (Å²) in [4.78, 5) is 23.2. The summed E-state index contributed by atoms with van der Waals surface area (Å²) in [5.41, 5.74) is 7.30. The number of carbonyl (C=O) groups is 2. The number of halogens is 1. The lowest BCUT2D eigenvalue weighted by Gasteiger charge is -2.25. The molecule has 6 heteroatoms. The van der Waals surface area contributed by atoms with Gasteiger partial charge in [0.1, 0.15) is 5.82 Å². The van der Waals surface area contributed by atoms with Gasteiger partial charge in [0.2, 0.25) is 5.91 Å². The molecule has 0 aliphatic carbocycles. The number of nitrogens with two attached hydrogens (primary N) is 1. The van der Waals surface area contributed by atoms with Gasteiger partial charge in [-0.3, -0.25) is 9.59 Å². The van der Waals surface area contributed by atoms with Crippen LogP contribution in [-0.4, -0.2) is 18.4 Å². The SMILES string of the molecule is NC(=O)c1ccc(NC(=O)CC2OCCc3ccccc32)cc1F. The highest BCUT2D eigenvalue weighted by atomic mass is 19.1. The highest BCUT2D eigenvalue weighted by molar-refractivity contribution is 5.95. The first kappa shape index (κ1) is 16.1. The van der Waals surface area contributed by atoms with Crippen molar-refractivity contribution in [2.45, 2.75) is 18.9 Å². The van der Waals surface area contributed by atoms with Gasteiger partial charge in [-0.05, 0) is 35.7 Å². The van der Waals surface area contributed by atoms with Gasteiger partial charge in [0.15, 0.2) is 0 Å². The normalized spacial score (nSPS) is 16.3. The molecule has 1 unspecified atom stereocenters. The summed E-state index contributed by atoms with van der Waals surface area (Å²) >= 11 is 0. The third kappa shape index (κ3) is 3.44. The van der Waals surface area contributed by atoms with E-state index in [1.165, 1.54) is 17.7 Å². The van der Waals surface area contributed by atoms with E-state index in [0.717, 1.165) is 18.1 Å². The lowest BCUT2D eigenvalue weighted by Crippen LogP contribution is -2.22. The molecule has 124 valence electrons. The molecule has 0 spiro atoms. The molecule has 1 aliphatic rings. The van der Waals surface area contributed by atoms with Gasteiger partial charge in [-0.25, -0.2) is 4.39 Å². The summed E-state index contributed by atoms with van der Waals surface area (Å²) in [5, 5.41) is 2.62. The zero-order chi connectivity index (χ0) is 17.1. The molecule has 0 bridgehead atoms. The Morgan fingerprint density at radius 1 is 1.25 bits per heavy atom. The molecule has 2 aromatic carbocycles. The van der Waals surface area contributed by atoms with Crippen LogP contribution in [0.3, 0.4) is 0 Å². The molecule has 0 saturated carbocycles. The number of rotatable bonds is 4. The first-order chi connectivity index (χ1) is 11.5. The molecule has 3 N–H and O–H groups in total. The Hall–Kier alpha value is -2.73. The lowest BCUT2D eigenvalue weighted by molar-refractivity contribution is -0.119. The maximum absolute atomic E-state index is 13.7. The molecule has 24 heavy (non-hydrogen) atoms. The fraction of sp³-hybridized carbons (Fsp3) is 0.222. The van der Waals surface area contributed by atoms with Crippen LogP contribution in [-0.2, 0) is 16.0 Å². The van der Waals surface area contributed by atoms with E-state index in [1.54, 1.807) is 0 Å². The van der Waals surface area contributed by atoms with Crippen molar-refractivity contribution < 1.29 is 18.7 Å². The number of nitrogens with one attached hydrogen (secondary N) is 1. The Morgan fingerprint density at radius 3 is 2.79 bits per heavy atom. The Bertz CT molecular complexity index is 792.